The van der Waals surface area contributed by atoms with E-state index in [1.165, 1.54) is 27.1 Å². The molecular weight excluding hydrogens is 214 g/mol. The molecule has 0 bridgehead atoms. The molecule has 0 spiro atoms. The van der Waals surface area contributed by atoms with E-state index >= 15 is 0 Å². The van der Waals surface area contributed by atoms with Crippen LogP contribution in [0.2, 0.25) is 0 Å². The van der Waals surface area contributed by atoms with Crippen molar-refractivity contribution in [2.24, 2.45) is 5.73 Å². The third-order valence-electron chi connectivity index (χ3n) is 3.33. The van der Waals surface area contributed by atoms with Crippen molar-refractivity contribution in [3.63, 3.8) is 0 Å². The van der Waals surface area contributed by atoms with E-state index in [9.17, 15) is 0 Å². The van der Waals surface area contributed by atoms with Gasteiger partial charge in [-0.05, 0) is 53.5 Å². The van der Waals surface area contributed by atoms with Crippen molar-refractivity contribution in [1.29, 1.82) is 0 Å². The molecule has 1 aromatic heterocycles. The Balaban J connectivity index is 2.05. The maximum absolute atomic E-state index is 6.04. The number of rotatable bonds is 1. The Morgan fingerprint density at radius 1 is 1.25 bits per heavy atom. The summed E-state index contributed by atoms with van der Waals surface area (Å²) in [7, 11) is 0. The minimum atomic E-state index is 0.258. The van der Waals surface area contributed by atoms with Crippen molar-refractivity contribution in [1.82, 2.24) is 0 Å². The van der Waals surface area contributed by atoms with Gasteiger partial charge >= 0.3 is 0 Å². The fourth-order valence-corrected chi connectivity index (χ4v) is 3.14. The van der Waals surface area contributed by atoms with Gasteiger partial charge in [-0.15, -0.1) is 11.3 Å². The van der Waals surface area contributed by atoms with E-state index in [2.05, 4.69) is 36.6 Å². The zero-order valence-electron chi connectivity index (χ0n) is 9.36. The van der Waals surface area contributed by atoms with E-state index in [1.54, 1.807) is 0 Å². The molecule has 1 aromatic carbocycles. The Kier molecular flexibility index (Phi) is 2.34. The molecule has 1 nitrogen and oxygen atoms in total. The fourth-order valence-electron chi connectivity index (χ4n) is 2.42. The molecule has 0 amide bonds. The molecular formula is C14H15NS. The highest BCUT2D eigenvalue weighted by Crippen LogP contribution is 2.33. The van der Waals surface area contributed by atoms with Gasteiger partial charge in [0.05, 0.1) is 0 Å². The van der Waals surface area contributed by atoms with Gasteiger partial charge in [-0.3, -0.25) is 0 Å². The molecule has 1 atom stereocenters. The van der Waals surface area contributed by atoms with Crippen LogP contribution in [0.4, 0.5) is 0 Å². The minimum Gasteiger partial charge on any atom is -0.324 e. The van der Waals surface area contributed by atoms with Gasteiger partial charge in [0.1, 0.15) is 0 Å². The van der Waals surface area contributed by atoms with Crippen LogP contribution < -0.4 is 5.73 Å². The topological polar surface area (TPSA) is 26.0 Å². The highest BCUT2D eigenvalue weighted by molar-refractivity contribution is 7.10. The monoisotopic (exact) mass is 229 g/mol. The first-order valence-corrected chi connectivity index (χ1v) is 6.56. The predicted molar refractivity (Wildman–Crippen MR) is 69.7 cm³/mol. The summed E-state index contributed by atoms with van der Waals surface area (Å²) in [6, 6.07) is 9.22. The summed E-state index contributed by atoms with van der Waals surface area (Å²) >= 11 is 1.81. The van der Waals surface area contributed by atoms with Crippen molar-refractivity contribution in [2.75, 3.05) is 0 Å². The summed E-state index contributed by atoms with van der Waals surface area (Å²) in [5, 5.41) is 2.23. The van der Waals surface area contributed by atoms with E-state index in [0.717, 1.165) is 12.8 Å². The van der Waals surface area contributed by atoms with Crippen LogP contribution in [0.3, 0.4) is 0 Å². The number of hydrogen-bond donors (Lipinski definition) is 1. The lowest BCUT2D eigenvalue weighted by atomic mass is 10.0. The van der Waals surface area contributed by atoms with E-state index < -0.39 is 0 Å². The van der Waals surface area contributed by atoms with Crippen LogP contribution in [0.15, 0.2) is 29.6 Å². The lowest BCUT2D eigenvalue weighted by Crippen LogP contribution is -2.04. The molecule has 2 aromatic rings. The molecule has 1 heterocycles. The second kappa shape index (κ2) is 3.72. The second-order valence-electron chi connectivity index (χ2n) is 4.50. The molecule has 3 rings (SSSR count). The SMILES string of the molecule is Cc1cc(-c2ccc3c(c2)CCC3N)cs1. The Morgan fingerprint density at radius 2 is 2.12 bits per heavy atom. The van der Waals surface area contributed by atoms with Crippen LogP contribution in [0.25, 0.3) is 11.1 Å². The Bertz CT molecular complexity index is 527. The fraction of sp³-hybridized carbons (Fsp3) is 0.286. The number of nitrogens with two attached hydrogens (primary N) is 1. The van der Waals surface area contributed by atoms with Crippen LogP contribution in [0.1, 0.15) is 28.5 Å². The first-order chi connectivity index (χ1) is 7.74. The summed E-state index contributed by atoms with van der Waals surface area (Å²) in [4.78, 5) is 1.37. The van der Waals surface area contributed by atoms with E-state index in [4.69, 9.17) is 5.73 Å². The smallest absolute Gasteiger partial charge is 0.0300 e. The number of benzene rings is 1. The third-order valence-corrected chi connectivity index (χ3v) is 4.19. The Hall–Kier alpha value is -1.12. The van der Waals surface area contributed by atoms with Crippen LogP contribution in [0, 0.1) is 6.92 Å². The van der Waals surface area contributed by atoms with Gasteiger partial charge in [-0.25, -0.2) is 0 Å². The largest absolute Gasteiger partial charge is 0.324 e. The zero-order valence-corrected chi connectivity index (χ0v) is 10.2. The van der Waals surface area contributed by atoms with Crippen molar-refractivity contribution in [2.45, 2.75) is 25.8 Å². The molecule has 2 N–H and O–H groups in total. The normalized spacial score (nSPS) is 18.8. The molecule has 0 fully saturated rings. The summed E-state index contributed by atoms with van der Waals surface area (Å²) in [6.07, 6.45) is 2.23. The number of aryl methyl sites for hydroxylation is 2. The Morgan fingerprint density at radius 3 is 2.88 bits per heavy atom. The van der Waals surface area contributed by atoms with Crippen molar-refractivity contribution < 1.29 is 0 Å². The average Bonchev–Trinajstić information content (AvgIpc) is 2.86. The number of hydrogen-bond acceptors (Lipinski definition) is 2. The summed E-state index contributed by atoms with van der Waals surface area (Å²) < 4.78 is 0. The quantitative estimate of drug-likeness (QED) is 0.793. The average molecular weight is 229 g/mol. The van der Waals surface area contributed by atoms with Gasteiger partial charge in [0.2, 0.25) is 0 Å². The van der Waals surface area contributed by atoms with Crippen molar-refractivity contribution in [3.8, 4) is 11.1 Å². The van der Waals surface area contributed by atoms with Crippen molar-refractivity contribution in [3.05, 3.63) is 45.6 Å². The Labute approximate surface area is 99.9 Å². The van der Waals surface area contributed by atoms with Crippen LogP contribution in [-0.4, -0.2) is 0 Å². The summed E-state index contributed by atoms with van der Waals surface area (Å²) in [5.41, 5.74) is 11.5. The van der Waals surface area contributed by atoms with Gasteiger partial charge < -0.3 is 5.73 Å². The molecule has 0 saturated heterocycles. The van der Waals surface area contributed by atoms with Gasteiger partial charge in [0, 0.05) is 10.9 Å². The van der Waals surface area contributed by atoms with E-state index in [-0.39, 0.29) is 6.04 Å². The molecule has 0 radical (unpaired) electrons. The highest BCUT2D eigenvalue weighted by Gasteiger charge is 2.19. The van der Waals surface area contributed by atoms with Gasteiger partial charge in [-0.2, -0.15) is 0 Å². The maximum Gasteiger partial charge on any atom is 0.0300 e. The lowest BCUT2D eigenvalue weighted by Gasteiger charge is -2.06. The summed E-state index contributed by atoms with van der Waals surface area (Å²) in [5.74, 6) is 0. The van der Waals surface area contributed by atoms with E-state index in [1.807, 2.05) is 11.3 Å². The first-order valence-electron chi connectivity index (χ1n) is 5.68. The van der Waals surface area contributed by atoms with Crippen LogP contribution >= 0.6 is 11.3 Å². The standard InChI is InChI=1S/C14H15NS/c1-9-6-12(8-16-9)10-2-4-13-11(7-10)3-5-14(13)15/h2,4,6-8,14H,3,5,15H2,1H3. The highest BCUT2D eigenvalue weighted by atomic mass is 32.1. The molecule has 1 aliphatic carbocycles. The summed E-state index contributed by atoms with van der Waals surface area (Å²) in [6.45, 7) is 2.15. The molecule has 2 heteroatoms. The first kappa shape index (κ1) is 10.1. The molecule has 1 aliphatic rings. The zero-order chi connectivity index (χ0) is 11.1. The molecule has 0 saturated carbocycles. The molecule has 1 unspecified atom stereocenters. The van der Waals surface area contributed by atoms with Gasteiger partial charge in [0.25, 0.3) is 0 Å². The molecule has 16 heavy (non-hydrogen) atoms. The number of thiophene rings is 1. The second-order valence-corrected chi connectivity index (χ2v) is 5.62. The van der Waals surface area contributed by atoms with Gasteiger partial charge in [0.15, 0.2) is 0 Å². The molecule has 82 valence electrons. The van der Waals surface area contributed by atoms with Gasteiger partial charge in [-0.1, -0.05) is 18.2 Å². The maximum atomic E-state index is 6.04. The van der Waals surface area contributed by atoms with Crippen LogP contribution in [0.5, 0.6) is 0 Å². The number of fused-ring (bicyclic) bond motifs is 1. The lowest BCUT2D eigenvalue weighted by molar-refractivity contribution is 0.713. The minimum absolute atomic E-state index is 0.258. The predicted octanol–water partition coefficient (Wildman–Crippen LogP) is 3.67. The van der Waals surface area contributed by atoms with Crippen LogP contribution in [-0.2, 0) is 6.42 Å². The van der Waals surface area contributed by atoms with E-state index in [0.29, 0.717) is 0 Å². The molecule has 0 aliphatic heterocycles. The van der Waals surface area contributed by atoms with Crippen molar-refractivity contribution >= 4 is 11.3 Å². The third kappa shape index (κ3) is 1.58.